The Morgan fingerprint density at radius 2 is 1.62 bits per heavy atom. The molecule has 0 aliphatic carbocycles. The molecule has 1 N–H and O–H groups in total. The van der Waals surface area contributed by atoms with E-state index in [0.717, 1.165) is 36.9 Å². The zero-order valence-corrected chi connectivity index (χ0v) is 22.3. The molecule has 1 amide bonds. The molecule has 0 spiro atoms. The van der Waals surface area contributed by atoms with E-state index in [0.29, 0.717) is 5.69 Å². The molecule has 0 saturated heterocycles. The maximum Gasteiger partial charge on any atom is 0.269 e. The quantitative estimate of drug-likeness (QED) is 0.107. The van der Waals surface area contributed by atoms with Crippen LogP contribution in [0.1, 0.15) is 17.0 Å². The third kappa shape index (κ3) is 6.17. The van der Waals surface area contributed by atoms with Gasteiger partial charge in [0.25, 0.3) is 11.6 Å². The van der Waals surface area contributed by atoms with E-state index in [-0.39, 0.29) is 11.3 Å². The summed E-state index contributed by atoms with van der Waals surface area (Å²) in [5.74, 6) is -0.470. The van der Waals surface area contributed by atoms with E-state index in [1.54, 1.807) is 30.3 Å². The fourth-order valence-corrected chi connectivity index (χ4v) is 4.88. The number of aromatic nitrogens is 1. The maximum atomic E-state index is 12.7. The standard InChI is InChI=1S/C28H21BrN4O3S/c1-18-15-20(16-21(17-30)28(34)31-23-5-3-22(29)4-6-23)19(2)32(18)24-7-11-26(12-8-24)37-27-13-9-25(10-14-27)33(35)36/h3-16H,1-2H3,(H,31,34)/b21-16-. The monoisotopic (exact) mass is 572 g/mol. The van der Waals surface area contributed by atoms with E-state index in [2.05, 4.69) is 25.8 Å². The third-order valence-corrected chi connectivity index (χ3v) is 7.16. The van der Waals surface area contributed by atoms with Crippen LogP contribution in [-0.4, -0.2) is 15.4 Å². The van der Waals surface area contributed by atoms with Gasteiger partial charge in [0.05, 0.1) is 4.92 Å². The Labute approximate surface area is 226 Å². The number of non-ortho nitro benzene ring substituents is 1. The van der Waals surface area contributed by atoms with Crippen molar-refractivity contribution in [2.45, 2.75) is 23.6 Å². The average Bonchev–Trinajstić information content (AvgIpc) is 3.17. The van der Waals surface area contributed by atoms with E-state index in [1.807, 2.05) is 62.4 Å². The van der Waals surface area contributed by atoms with Crippen LogP contribution in [0.4, 0.5) is 11.4 Å². The largest absolute Gasteiger partial charge is 0.321 e. The van der Waals surface area contributed by atoms with Gasteiger partial charge < -0.3 is 9.88 Å². The molecule has 37 heavy (non-hydrogen) atoms. The second-order valence-electron chi connectivity index (χ2n) is 8.14. The van der Waals surface area contributed by atoms with Crippen molar-refractivity contribution in [3.05, 3.63) is 116 Å². The van der Waals surface area contributed by atoms with Gasteiger partial charge in [-0.3, -0.25) is 14.9 Å². The minimum atomic E-state index is -0.470. The molecule has 0 saturated carbocycles. The summed E-state index contributed by atoms with van der Waals surface area (Å²) in [4.78, 5) is 25.0. The molecule has 0 atom stereocenters. The first-order chi connectivity index (χ1) is 17.7. The highest BCUT2D eigenvalue weighted by Crippen LogP contribution is 2.31. The van der Waals surface area contributed by atoms with Gasteiger partial charge in [0.2, 0.25) is 0 Å². The molecule has 1 aromatic heterocycles. The molecule has 184 valence electrons. The van der Waals surface area contributed by atoms with Gasteiger partial charge in [-0.05, 0) is 92.2 Å². The molecular formula is C28H21BrN4O3S. The zero-order chi connectivity index (χ0) is 26.5. The van der Waals surface area contributed by atoms with Crippen molar-refractivity contribution < 1.29 is 9.72 Å². The lowest BCUT2D eigenvalue weighted by molar-refractivity contribution is -0.384. The van der Waals surface area contributed by atoms with E-state index in [1.165, 1.54) is 23.9 Å². The second kappa shape index (κ2) is 11.3. The maximum absolute atomic E-state index is 12.7. The molecular weight excluding hydrogens is 552 g/mol. The number of nitro groups is 1. The van der Waals surface area contributed by atoms with Crippen LogP contribution in [0.2, 0.25) is 0 Å². The number of hydrogen-bond donors (Lipinski definition) is 1. The van der Waals surface area contributed by atoms with Crippen LogP contribution in [0.25, 0.3) is 11.8 Å². The van der Waals surface area contributed by atoms with Crippen molar-refractivity contribution in [3.8, 4) is 11.8 Å². The number of aryl methyl sites for hydroxylation is 1. The molecule has 0 bridgehead atoms. The number of anilines is 1. The van der Waals surface area contributed by atoms with E-state index >= 15 is 0 Å². The van der Waals surface area contributed by atoms with Gasteiger partial charge in [-0.1, -0.05) is 27.7 Å². The van der Waals surface area contributed by atoms with Crippen LogP contribution in [0.15, 0.2) is 98.7 Å². The van der Waals surface area contributed by atoms with Gasteiger partial charge in [0, 0.05) is 49.2 Å². The number of rotatable bonds is 7. The number of nitro benzene ring substituents is 1. The van der Waals surface area contributed by atoms with Crippen LogP contribution in [0.3, 0.4) is 0 Å². The Kier molecular flexibility index (Phi) is 7.92. The highest BCUT2D eigenvalue weighted by atomic mass is 79.9. The van der Waals surface area contributed by atoms with Crippen LogP contribution in [0, 0.1) is 35.3 Å². The van der Waals surface area contributed by atoms with Gasteiger partial charge in [-0.25, -0.2) is 0 Å². The van der Waals surface area contributed by atoms with Gasteiger partial charge in [0.15, 0.2) is 0 Å². The van der Waals surface area contributed by atoms with Crippen molar-refractivity contribution in [1.82, 2.24) is 4.57 Å². The number of nitriles is 1. The minimum absolute atomic E-state index is 0.0121. The van der Waals surface area contributed by atoms with Crippen molar-refractivity contribution >= 4 is 51.0 Å². The molecule has 1 heterocycles. The molecule has 4 rings (SSSR count). The average molecular weight is 573 g/mol. The molecule has 0 aliphatic heterocycles. The fraction of sp³-hybridized carbons (Fsp3) is 0.0714. The summed E-state index contributed by atoms with van der Waals surface area (Å²) in [7, 11) is 0. The molecule has 4 aromatic rings. The zero-order valence-electron chi connectivity index (χ0n) is 19.9. The summed E-state index contributed by atoms with van der Waals surface area (Å²) < 4.78 is 2.96. The minimum Gasteiger partial charge on any atom is -0.321 e. The first-order valence-electron chi connectivity index (χ1n) is 11.2. The highest BCUT2D eigenvalue weighted by Gasteiger charge is 2.14. The lowest BCUT2D eigenvalue weighted by Crippen LogP contribution is -2.13. The van der Waals surface area contributed by atoms with Crippen LogP contribution in [-0.2, 0) is 4.79 Å². The SMILES string of the molecule is Cc1cc(/C=C(/C#N)C(=O)Nc2ccc(Br)cc2)c(C)n1-c1ccc(Sc2ccc([N+](=O)[O-])cc2)cc1. The normalized spacial score (nSPS) is 11.1. The summed E-state index contributed by atoms with van der Waals surface area (Å²) in [6.45, 7) is 3.91. The molecule has 3 aromatic carbocycles. The number of carbonyl (C=O) groups excluding carboxylic acids is 1. The van der Waals surface area contributed by atoms with Crippen LogP contribution >= 0.6 is 27.7 Å². The van der Waals surface area contributed by atoms with E-state index in [9.17, 15) is 20.2 Å². The predicted molar refractivity (Wildman–Crippen MR) is 149 cm³/mol. The van der Waals surface area contributed by atoms with Gasteiger partial charge in [0.1, 0.15) is 11.6 Å². The molecule has 7 nitrogen and oxygen atoms in total. The number of hydrogen-bond acceptors (Lipinski definition) is 5. The number of amides is 1. The Balaban J connectivity index is 1.53. The summed E-state index contributed by atoms with van der Waals surface area (Å²) >= 11 is 4.88. The molecule has 0 radical (unpaired) electrons. The third-order valence-electron chi connectivity index (χ3n) is 5.62. The lowest BCUT2D eigenvalue weighted by Gasteiger charge is -2.11. The van der Waals surface area contributed by atoms with Crippen molar-refractivity contribution in [2.24, 2.45) is 0 Å². The second-order valence-corrected chi connectivity index (χ2v) is 10.2. The number of nitrogens with one attached hydrogen (secondary N) is 1. The molecule has 0 aliphatic rings. The number of benzene rings is 3. The van der Waals surface area contributed by atoms with Gasteiger partial charge >= 0.3 is 0 Å². The number of halogens is 1. The number of nitrogens with zero attached hydrogens (tertiary/aromatic N) is 3. The van der Waals surface area contributed by atoms with Crippen LogP contribution in [0.5, 0.6) is 0 Å². The van der Waals surface area contributed by atoms with Gasteiger partial charge in [-0.15, -0.1) is 0 Å². The van der Waals surface area contributed by atoms with Crippen molar-refractivity contribution in [3.63, 3.8) is 0 Å². The Hall–Kier alpha value is -4.13. The Morgan fingerprint density at radius 3 is 2.19 bits per heavy atom. The van der Waals surface area contributed by atoms with Gasteiger partial charge in [-0.2, -0.15) is 5.26 Å². The Morgan fingerprint density at radius 1 is 1.03 bits per heavy atom. The summed E-state index contributed by atoms with van der Waals surface area (Å²) in [6.07, 6.45) is 1.60. The van der Waals surface area contributed by atoms with Crippen molar-refractivity contribution in [1.29, 1.82) is 5.26 Å². The number of carbonyl (C=O) groups is 1. The first-order valence-corrected chi connectivity index (χ1v) is 12.8. The molecule has 0 fully saturated rings. The topological polar surface area (TPSA) is 101 Å². The first kappa shape index (κ1) is 25.9. The predicted octanol–water partition coefficient (Wildman–Crippen LogP) is 7.46. The molecule has 0 unspecified atom stereocenters. The lowest BCUT2D eigenvalue weighted by atomic mass is 10.1. The molecule has 9 heteroatoms. The van der Waals surface area contributed by atoms with Crippen LogP contribution < -0.4 is 5.32 Å². The summed E-state index contributed by atoms with van der Waals surface area (Å²) in [5, 5.41) is 23.2. The summed E-state index contributed by atoms with van der Waals surface area (Å²) in [5.41, 5.74) is 4.27. The van der Waals surface area contributed by atoms with E-state index in [4.69, 9.17) is 0 Å². The summed E-state index contributed by atoms with van der Waals surface area (Å²) in [6, 6.07) is 25.5. The smallest absolute Gasteiger partial charge is 0.269 e. The Bertz CT molecular complexity index is 1530. The highest BCUT2D eigenvalue weighted by molar-refractivity contribution is 9.10. The van der Waals surface area contributed by atoms with Crippen molar-refractivity contribution in [2.75, 3.05) is 5.32 Å². The van der Waals surface area contributed by atoms with E-state index < -0.39 is 10.8 Å². The fourth-order valence-electron chi connectivity index (χ4n) is 3.80.